The third kappa shape index (κ3) is 3.27. The minimum atomic E-state index is -0.259. The van der Waals surface area contributed by atoms with Gasteiger partial charge in [-0.15, -0.1) is 10.2 Å². The topological polar surface area (TPSA) is 84.0 Å². The van der Waals surface area contributed by atoms with Gasteiger partial charge in [-0.3, -0.25) is 4.79 Å². The number of para-hydroxylation sites is 1. The zero-order chi connectivity index (χ0) is 13.7. The maximum Gasteiger partial charge on any atom is 0.260 e. The molecule has 1 atom stereocenters. The summed E-state index contributed by atoms with van der Waals surface area (Å²) in [5.74, 6) is 0.980. The summed E-state index contributed by atoms with van der Waals surface area (Å²) < 4.78 is 5.40. The Kier molecular flexibility index (Phi) is 4.07. The number of ether oxygens (including phenoxy) is 1. The molecule has 0 aliphatic rings. The van der Waals surface area contributed by atoms with E-state index in [2.05, 4.69) is 20.6 Å². The molecule has 1 heterocycles. The Morgan fingerprint density at radius 2 is 2.16 bits per heavy atom. The monoisotopic (exact) mass is 261 g/mol. The van der Waals surface area contributed by atoms with E-state index in [-0.39, 0.29) is 18.6 Å². The second kappa shape index (κ2) is 5.94. The molecule has 1 aromatic carbocycles. The van der Waals surface area contributed by atoms with Crippen molar-refractivity contribution in [2.24, 2.45) is 0 Å². The van der Waals surface area contributed by atoms with E-state index < -0.39 is 0 Å². The average Bonchev–Trinajstić information content (AvgIpc) is 2.98. The lowest BCUT2D eigenvalue weighted by atomic mass is 10.3. The van der Waals surface area contributed by atoms with Gasteiger partial charge in [0, 0.05) is 7.05 Å². The number of tetrazole rings is 1. The highest BCUT2D eigenvalue weighted by molar-refractivity contribution is 5.77. The summed E-state index contributed by atoms with van der Waals surface area (Å²) >= 11 is 0. The molecule has 0 aliphatic carbocycles. The van der Waals surface area contributed by atoms with Crippen molar-refractivity contribution in [1.82, 2.24) is 25.5 Å². The third-order valence-corrected chi connectivity index (χ3v) is 2.82. The first-order valence-electron chi connectivity index (χ1n) is 5.85. The molecule has 2 rings (SSSR count). The molecule has 7 nitrogen and oxygen atoms in total. The molecule has 1 aromatic heterocycles. The van der Waals surface area contributed by atoms with E-state index in [1.807, 2.05) is 25.1 Å². The number of aromatic amines is 1. The Labute approximate surface area is 110 Å². The molecule has 0 fully saturated rings. The molecule has 19 heavy (non-hydrogen) atoms. The Hall–Kier alpha value is -2.44. The van der Waals surface area contributed by atoms with Crippen molar-refractivity contribution >= 4 is 5.91 Å². The Morgan fingerprint density at radius 1 is 1.42 bits per heavy atom. The van der Waals surface area contributed by atoms with Gasteiger partial charge in [-0.05, 0) is 19.1 Å². The molecule has 2 aromatic rings. The van der Waals surface area contributed by atoms with E-state index in [1.54, 1.807) is 19.2 Å². The van der Waals surface area contributed by atoms with E-state index in [9.17, 15) is 4.79 Å². The second-order valence-electron chi connectivity index (χ2n) is 4.05. The SMILES string of the molecule is CC(c1nn[nH]n1)N(C)C(=O)COc1ccccc1. The largest absolute Gasteiger partial charge is 0.484 e. The number of aromatic nitrogens is 4. The van der Waals surface area contributed by atoms with Gasteiger partial charge in [-0.2, -0.15) is 5.21 Å². The van der Waals surface area contributed by atoms with Gasteiger partial charge in [0.05, 0.1) is 6.04 Å². The number of nitrogens with zero attached hydrogens (tertiary/aromatic N) is 4. The van der Waals surface area contributed by atoms with Crippen LogP contribution in [0.5, 0.6) is 5.75 Å². The molecule has 1 N–H and O–H groups in total. The predicted molar refractivity (Wildman–Crippen MR) is 67.3 cm³/mol. The summed E-state index contributed by atoms with van der Waals surface area (Å²) in [5.41, 5.74) is 0. The minimum Gasteiger partial charge on any atom is -0.484 e. The van der Waals surface area contributed by atoms with Crippen LogP contribution in [0.15, 0.2) is 30.3 Å². The fourth-order valence-corrected chi connectivity index (χ4v) is 1.50. The van der Waals surface area contributed by atoms with E-state index >= 15 is 0 Å². The van der Waals surface area contributed by atoms with Gasteiger partial charge < -0.3 is 9.64 Å². The number of carbonyl (C=O) groups excluding carboxylic acids is 1. The highest BCUT2D eigenvalue weighted by Gasteiger charge is 2.20. The first kappa shape index (κ1) is 13.0. The molecule has 0 aliphatic heterocycles. The normalized spacial score (nSPS) is 11.9. The van der Waals surface area contributed by atoms with Crippen LogP contribution in [0.1, 0.15) is 18.8 Å². The molecule has 1 amide bonds. The number of benzene rings is 1. The van der Waals surface area contributed by atoms with Crippen molar-refractivity contribution in [3.05, 3.63) is 36.2 Å². The lowest BCUT2D eigenvalue weighted by molar-refractivity contribution is -0.134. The quantitative estimate of drug-likeness (QED) is 0.860. The number of likely N-dealkylation sites (N-methyl/N-ethyl adjacent to an activating group) is 1. The molecule has 0 radical (unpaired) electrons. The number of nitrogens with one attached hydrogen (secondary N) is 1. The molecule has 0 bridgehead atoms. The van der Waals surface area contributed by atoms with Crippen LogP contribution in [0.2, 0.25) is 0 Å². The molecule has 0 saturated heterocycles. The summed E-state index contributed by atoms with van der Waals surface area (Å²) in [6.07, 6.45) is 0. The van der Waals surface area contributed by atoms with Crippen molar-refractivity contribution in [3.8, 4) is 5.75 Å². The molecule has 7 heteroatoms. The smallest absolute Gasteiger partial charge is 0.260 e. The molecular formula is C12H15N5O2. The third-order valence-electron chi connectivity index (χ3n) is 2.82. The number of hydrogen-bond donors (Lipinski definition) is 1. The van der Waals surface area contributed by atoms with Crippen molar-refractivity contribution in [3.63, 3.8) is 0 Å². The molecular weight excluding hydrogens is 246 g/mol. The number of amides is 1. The summed E-state index contributed by atoms with van der Waals surface area (Å²) in [5, 5.41) is 13.5. The van der Waals surface area contributed by atoms with Gasteiger partial charge in [0.1, 0.15) is 5.75 Å². The Balaban J connectivity index is 1.89. The molecule has 0 saturated carbocycles. The minimum absolute atomic E-state index is 0.0251. The van der Waals surface area contributed by atoms with Crippen LogP contribution in [-0.2, 0) is 4.79 Å². The summed E-state index contributed by atoms with van der Waals surface area (Å²) in [6, 6.07) is 8.94. The van der Waals surface area contributed by atoms with Gasteiger partial charge in [-0.1, -0.05) is 23.4 Å². The average molecular weight is 261 g/mol. The summed E-state index contributed by atoms with van der Waals surface area (Å²) in [6.45, 7) is 1.80. The zero-order valence-corrected chi connectivity index (χ0v) is 10.8. The number of H-pyrrole nitrogens is 1. The second-order valence-corrected chi connectivity index (χ2v) is 4.05. The fraction of sp³-hybridized carbons (Fsp3) is 0.333. The Bertz CT molecular complexity index is 514. The van der Waals surface area contributed by atoms with Gasteiger partial charge in [0.2, 0.25) is 0 Å². The van der Waals surface area contributed by atoms with Crippen LogP contribution in [-0.4, -0.2) is 45.1 Å². The van der Waals surface area contributed by atoms with Crippen molar-refractivity contribution in [1.29, 1.82) is 0 Å². The standard InChI is InChI=1S/C12H15N5O2/c1-9(12-13-15-16-14-12)17(2)11(18)8-19-10-6-4-3-5-7-10/h3-7,9H,8H2,1-2H3,(H,13,14,15,16). The van der Waals surface area contributed by atoms with Crippen molar-refractivity contribution in [2.45, 2.75) is 13.0 Å². The van der Waals surface area contributed by atoms with Crippen LogP contribution >= 0.6 is 0 Å². The highest BCUT2D eigenvalue weighted by Crippen LogP contribution is 2.14. The summed E-state index contributed by atoms with van der Waals surface area (Å²) in [7, 11) is 1.68. The number of carbonyl (C=O) groups is 1. The van der Waals surface area contributed by atoms with Crippen molar-refractivity contribution < 1.29 is 9.53 Å². The first-order valence-corrected chi connectivity index (χ1v) is 5.85. The lowest BCUT2D eigenvalue weighted by Crippen LogP contribution is -2.34. The summed E-state index contributed by atoms with van der Waals surface area (Å²) in [4.78, 5) is 13.5. The van der Waals surface area contributed by atoms with Gasteiger partial charge in [0.25, 0.3) is 5.91 Å². The molecule has 100 valence electrons. The van der Waals surface area contributed by atoms with E-state index in [4.69, 9.17) is 4.74 Å². The van der Waals surface area contributed by atoms with Crippen LogP contribution in [0, 0.1) is 0 Å². The van der Waals surface area contributed by atoms with Crippen LogP contribution in [0.4, 0.5) is 0 Å². The maximum absolute atomic E-state index is 12.0. The van der Waals surface area contributed by atoms with Gasteiger partial charge in [-0.25, -0.2) is 0 Å². The fourth-order valence-electron chi connectivity index (χ4n) is 1.50. The lowest BCUT2D eigenvalue weighted by Gasteiger charge is -2.22. The first-order chi connectivity index (χ1) is 9.18. The number of rotatable bonds is 5. The Morgan fingerprint density at radius 3 is 2.79 bits per heavy atom. The van der Waals surface area contributed by atoms with Crippen LogP contribution in [0.25, 0.3) is 0 Å². The predicted octanol–water partition coefficient (Wildman–Crippen LogP) is 0.798. The van der Waals surface area contributed by atoms with Gasteiger partial charge >= 0.3 is 0 Å². The van der Waals surface area contributed by atoms with E-state index in [0.717, 1.165) is 0 Å². The van der Waals surface area contributed by atoms with Gasteiger partial charge in [0.15, 0.2) is 12.4 Å². The van der Waals surface area contributed by atoms with Crippen LogP contribution in [0.3, 0.4) is 0 Å². The highest BCUT2D eigenvalue weighted by atomic mass is 16.5. The molecule has 1 unspecified atom stereocenters. The zero-order valence-electron chi connectivity index (χ0n) is 10.8. The van der Waals surface area contributed by atoms with Crippen LogP contribution < -0.4 is 4.74 Å². The number of hydrogen-bond acceptors (Lipinski definition) is 5. The maximum atomic E-state index is 12.0. The van der Waals surface area contributed by atoms with E-state index in [0.29, 0.717) is 11.6 Å². The van der Waals surface area contributed by atoms with E-state index in [1.165, 1.54) is 4.90 Å². The van der Waals surface area contributed by atoms with Crippen molar-refractivity contribution in [2.75, 3.05) is 13.7 Å². The molecule has 0 spiro atoms.